The molecule has 1 aromatic carbocycles. The van der Waals surface area contributed by atoms with Gasteiger partial charge in [-0.25, -0.2) is 9.59 Å². The molecule has 116 valence electrons. The molecule has 0 fully saturated rings. The van der Waals surface area contributed by atoms with Crippen LogP contribution in [0.1, 0.15) is 44.0 Å². The van der Waals surface area contributed by atoms with Crippen molar-refractivity contribution in [3.63, 3.8) is 0 Å². The highest BCUT2D eigenvalue weighted by Gasteiger charge is 2.09. The third kappa shape index (κ3) is 6.79. The summed E-state index contributed by atoms with van der Waals surface area (Å²) in [5.41, 5.74) is 0.446. The van der Waals surface area contributed by atoms with E-state index in [0.29, 0.717) is 17.9 Å². The molecule has 0 N–H and O–H groups in total. The number of esters is 2. The molecule has 1 rings (SSSR count). The van der Waals surface area contributed by atoms with Crippen LogP contribution in [0.3, 0.4) is 0 Å². The highest BCUT2D eigenvalue weighted by molar-refractivity contribution is 5.89. The molecule has 0 bridgehead atoms. The third-order valence-electron chi connectivity index (χ3n) is 2.55. The first-order valence-corrected chi connectivity index (χ1v) is 7.12. The molecule has 5 heteroatoms. The molecule has 0 aliphatic heterocycles. The lowest BCUT2D eigenvalue weighted by Gasteiger charge is -2.09. The average molecular weight is 294 g/mol. The summed E-state index contributed by atoms with van der Waals surface area (Å²) in [6, 6.07) is 6.44. The lowest BCUT2D eigenvalue weighted by molar-refractivity contribution is -0.146. The van der Waals surface area contributed by atoms with E-state index < -0.39 is 5.97 Å². The highest BCUT2D eigenvalue weighted by Crippen LogP contribution is 2.13. The SMILES string of the molecule is CCCCOC(=O)COc1ccc(C(=O)OC(C)C)cc1. The molecular weight excluding hydrogens is 272 g/mol. The van der Waals surface area contributed by atoms with Crippen molar-refractivity contribution in [2.24, 2.45) is 0 Å². The minimum Gasteiger partial charge on any atom is -0.482 e. The summed E-state index contributed by atoms with van der Waals surface area (Å²) in [7, 11) is 0. The van der Waals surface area contributed by atoms with E-state index >= 15 is 0 Å². The second-order valence-corrected chi connectivity index (χ2v) is 4.84. The monoisotopic (exact) mass is 294 g/mol. The Balaban J connectivity index is 2.40. The maximum Gasteiger partial charge on any atom is 0.344 e. The van der Waals surface area contributed by atoms with Crippen molar-refractivity contribution in [1.82, 2.24) is 0 Å². The molecule has 21 heavy (non-hydrogen) atoms. The quantitative estimate of drug-likeness (QED) is 0.545. The van der Waals surface area contributed by atoms with Crippen LogP contribution in [0.4, 0.5) is 0 Å². The zero-order valence-electron chi connectivity index (χ0n) is 12.8. The van der Waals surface area contributed by atoms with Gasteiger partial charge in [0.2, 0.25) is 0 Å². The smallest absolute Gasteiger partial charge is 0.344 e. The summed E-state index contributed by atoms with van der Waals surface area (Å²) in [5.74, 6) is -0.272. The van der Waals surface area contributed by atoms with Crippen LogP contribution in [0, 0.1) is 0 Å². The van der Waals surface area contributed by atoms with Gasteiger partial charge in [-0.1, -0.05) is 13.3 Å². The first-order chi connectivity index (χ1) is 10.0. The maximum atomic E-state index is 11.6. The fraction of sp³-hybridized carbons (Fsp3) is 0.500. The van der Waals surface area contributed by atoms with Gasteiger partial charge in [-0.2, -0.15) is 0 Å². The minimum atomic E-state index is -0.397. The molecule has 0 saturated carbocycles. The average Bonchev–Trinajstić information content (AvgIpc) is 2.45. The van der Waals surface area contributed by atoms with Crippen molar-refractivity contribution in [3.05, 3.63) is 29.8 Å². The highest BCUT2D eigenvalue weighted by atomic mass is 16.6. The number of carbonyl (C=O) groups is 2. The Kier molecular flexibility index (Phi) is 7.29. The summed E-state index contributed by atoms with van der Waals surface area (Å²) < 4.78 is 15.3. The van der Waals surface area contributed by atoms with Gasteiger partial charge in [0.15, 0.2) is 6.61 Å². The number of benzene rings is 1. The normalized spacial score (nSPS) is 10.3. The van der Waals surface area contributed by atoms with Crippen molar-refractivity contribution in [2.45, 2.75) is 39.7 Å². The predicted octanol–water partition coefficient (Wildman–Crippen LogP) is 2.97. The summed E-state index contributed by atoms with van der Waals surface area (Å²) in [5, 5.41) is 0. The van der Waals surface area contributed by atoms with E-state index in [2.05, 4.69) is 0 Å². The van der Waals surface area contributed by atoms with Crippen LogP contribution in [0.25, 0.3) is 0 Å². The molecule has 5 nitrogen and oxygen atoms in total. The molecule has 1 aromatic rings. The summed E-state index contributed by atoms with van der Waals surface area (Å²) in [6.45, 7) is 5.88. The van der Waals surface area contributed by atoms with Gasteiger partial charge in [-0.3, -0.25) is 0 Å². The molecule has 0 saturated heterocycles. The van der Waals surface area contributed by atoms with Crippen LogP contribution in [0.15, 0.2) is 24.3 Å². The third-order valence-corrected chi connectivity index (χ3v) is 2.55. The van der Waals surface area contributed by atoms with E-state index in [1.807, 2.05) is 6.92 Å². The Labute approximate surface area is 125 Å². The van der Waals surface area contributed by atoms with Gasteiger partial charge < -0.3 is 14.2 Å². The Morgan fingerprint density at radius 2 is 1.81 bits per heavy atom. The Morgan fingerprint density at radius 1 is 1.14 bits per heavy atom. The van der Waals surface area contributed by atoms with Crippen molar-refractivity contribution < 1.29 is 23.8 Å². The zero-order chi connectivity index (χ0) is 15.7. The first kappa shape index (κ1) is 17.0. The van der Waals surface area contributed by atoms with Crippen molar-refractivity contribution in [1.29, 1.82) is 0 Å². The number of rotatable bonds is 8. The number of hydrogen-bond donors (Lipinski definition) is 0. The summed E-state index contributed by atoms with van der Waals surface area (Å²) in [4.78, 5) is 23.0. The number of hydrogen-bond acceptors (Lipinski definition) is 5. The maximum absolute atomic E-state index is 11.6. The zero-order valence-corrected chi connectivity index (χ0v) is 12.8. The molecule has 0 radical (unpaired) electrons. The minimum absolute atomic E-state index is 0.139. The second-order valence-electron chi connectivity index (χ2n) is 4.84. The molecule has 0 aromatic heterocycles. The van der Waals surface area contributed by atoms with Crippen molar-refractivity contribution in [3.8, 4) is 5.75 Å². The molecule has 0 spiro atoms. The molecule has 0 heterocycles. The molecule has 0 amide bonds. The topological polar surface area (TPSA) is 61.8 Å². The standard InChI is InChI=1S/C16H22O5/c1-4-5-10-19-15(17)11-20-14-8-6-13(7-9-14)16(18)21-12(2)3/h6-9,12H,4-5,10-11H2,1-3H3. The number of carbonyl (C=O) groups excluding carboxylic acids is 2. The fourth-order valence-corrected chi connectivity index (χ4v) is 1.48. The van der Waals surface area contributed by atoms with Crippen LogP contribution in [0.2, 0.25) is 0 Å². The molecule has 0 aliphatic carbocycles. The fourth-order valence-electron chi connectivity index (χ4n) is 1.48. The van der Waals surface area contributed by atoms with Gasteiger partial charge in [-0.05, 0) is 44.5 Å². The molecule has 0 aliphatic rings. The number of unbranched alkanes of at least 4 members (excludes halogenated alkanes) is 1. The van der Waals surface area contributed by atoms with E-state index in [9.17, 15) is 9.59 Å². The van der Waals surface area contributed by atoms with Gasteiger partial charge in [0.05, 0.1) is 18.3 Å². The van der Waals surface area contributed by atoms with Gasteiger partial charge in [0, 0.05) is 0 Å². The summed E-state index contributed by atoms with van der Waals surface area (Å²) >= 11 is 0. The van der Waals surface area contributed by atoms with Crippen LogP contribution in [-0.2, 0) is 14.3 Å². The molecule has 0 atom stereocenters. The van der Waals surface area contributed by atoms with Gasteiger partial charge in [0.25, 0.3) is 0 Å². The predicted molar refractivity (Wildman–Crippen MR) is 78.4 cm³/mol. The first-order valence-electron chi connectivity index (χ1n) is 7.12. The van der Waals surface area contributed by atoms with Crippen molar-refractivity contribution in [2.75, 3.05) is 13.2 Å². The van der Waals surface area contributed by atoms with E-state index in [4.69, 9.17) is 14.2 Å². The van der Waals surface area contributed by atoms with E-state index in [-0.39, 0.29) is 18.7 Å². The van der Waals surface area contributed by atoms with E-state index in [1.165, 1.54) is 0 Å². The Hall–Kier alpha value is -2.04. The van der Waals surface area contributed by atoms with Gasteiger partial charge >= 0.3 is 11.9 Å². The summed E-state index contributed by atoms with van der Waals surface area (Å²) in [6.07, 6.45) is 1.66. The number of ether oxygens (including phenoxy) is 3. The molecule has 0 unspecified atom stereocenters. The second kappa shape index (κ2) is 9.00. The van der Waals surface area contributed by atoms with Crippen LogP contribution in [0.5, 0.6) is 5.75 Å². The van der Waals surface area contributed by atoms with E-state index in [0.717, 1.165) is 12.8 Å². The van der Waals surface area contributed by atoms with Crippen molar-refractivity contribution >= 4 is 11.9 Å². The van der Waals surface area contributed by atoms with Crippen LogP contribution in [-0.4, -0.2) is 31.3 Å². The van der Waals surface area contributed by atoms with Gasteiger partial charge in [0.1, 0.15) is 5.75 Å². The lowest BCUT2D eigenvalue weighted by Crippen LogP contribution is -2.15. The molecular formula is C16H22O5. The van der Waals surface area contributed by atoms with Gasteiger partial charge in [-0.15, -0.1) is 0 Å². The Morgan fingerprint density at radius 3 is 2.38 bits per heavy atom. The largest absolute Gasteiger partial charge is 0.482 e. The lowest BCUT2D eigenvalue weighted by atomic mass is 10.2. The Bertz CT molecular complexity index is 450. The van der Waals surface area contributed by atoms with Crippen LogP contribution < -0.4 is 4.74 Å². The van der Waals surface area contributed by atoms with Crippen LogP contribution >= 0.6 is 0 Å². The van der Waals surface area contributed by atoms with E-state index in [1.54, 1.807) is 38.1 Å².